The summed E-state index contributed by atoms with van der Waals surface area (Å²) >= 11 is 3.26. The summed E-state index contributed by atoms with van der Waals surface area (Å²) in [6.07, 6.45) is 1.82. The summed E-state index contributed by atoms with van der Waals surface area (Å²) in [4.78, 5) is 13.4. The second kappa shape index (κ2) is 5.80. The van der Waals surface area contributed by atoms with Gasteiger partial charge in [0.25, 0.3) is 0 Å². The monoisotopic (exact) mass is 314 g/mol. The van der Waals surface area contributed by atoms with Crippen molar-refractivity contribution >= 4 is 21.8 Å². The van der Waals surface area contributed by atoms with Gasteiger partial charge in [-0.3, -0.25) is 9.69 Å². The number of benzene rings is 1. The fourth-order valence-electron chi connectivity index (χ4n) is 2.34. The lowest BCUT2D eigenvalue weighted by molar-refractivity contribution is -0.123. The number of carbonyl (C=O) groups is 1. The zero-order valence-electron chi connectivity index (χ0n) is 10.0. The predicted molar refractivity (Wildman–Crippen MR) is 71.3 cm³/mol. The van der Waals surface area contributed by atoms with Crippen molar-refractivity contribution in [1.29, 1.82) is 0 Å². The zero-order valence-corrected chi connectivity index (χ0v) is 11.6. The molecule has 1 aliphatic rings. The Morgan fingerprint density at radius 2 is 2.33 bits per heavy atom. The minimum absolute atomic E-state index is 0.0777. The van der Waals surface area contributed by atoms with Crippen LogP contribution in [-0.4, -0.2) is 23.9 Å². The molecule has 1 aromatic rings. The second-order valence-corrected chi connectivity index (χ2v) is 5.48. The van der Waals surface area contributed by atoms with Crippen LogP contribution < -0.4 is 5.73 Å². The van der Waals surface area contributed by atoms with Crippen molar-refractivity contribution in [1.82, 2.24) is 4.90 Å². The van der Waals surface area contributed by atoms with E-state index < -0.39 is 0 Å². The third-order valence-corrected chi connectivity index (χ3v) is 4.22. The molecule has 1 saturated heterocycles. The largest absolute Gasteiger partial charge is 0.369 e. The van der Waals surface area contributed by atoms with Gasteiger partial charge in [-0.05, 0) is 46.9 Å². The molecule has 1 heterocycles. The summed E-state index contributed by atoms with van der Waals surface area (Å²) in [7, 11) is 0. The Kier molecular flexibility index (Phi) is 4.35. The molecular weight excluding hydrogens is 299 g/mol. The number of hydrogen-bond donors (Lipinski definition) is 1. The van der Waals surface area contributed by atoms with Crippen LogP contribution in [0.3, 0.4) is 0 Å². The van der Waals surface area contributed by atoms with Crippen molar-refractivity contribution in [2.75, 3.05) is 13.1 Å². The van der Waals surface area contributed by atoms with Crippen LogP contribution >= 0.6 is 15.9 Å². The molecule has 2 rings (SSSR count). The van der Waals surface area contributed by atoms with E-state index in [0.29, 0.717) is 17.6 Å². The van der Waals surface area contributed by atoms with Crippen LogP contribution in [0.2, 0.25) is 0 Å². The van der Waals surface area contributed by atoms with E-state index in [1.54, 1.807) is 6.07 Å². The molecule has 98 valence electrons. The third-order valence-electron chi connectivity index (χ3n) is 3.33. The highest BCUT2D eigenvalue weighted by molar-refractivity contribution is 9.10. The molecule has 0 spiro atoms. The highest BCUT2D eigenvalue weighted by Crippen LogP contribution is 2.24. The van der Waals surface area contributed by atoms with Gasteiger partial charge in [0.1, 0.15) is 5.82 Å². The number of nitrogens with zero attached hydrogens (tertiary/aromatic N) is 1. The van der Waals surface area contributed by atoms with E-state index in [0.717, 1.165) is 24.9 Å². The lowest BCUT2D eigenvalue weighted by Gasteiger charge is -2.31. The Balaban J connectivity index is 2.05. The molecule has 0 radical (unpaired) electrons. The molecule has 0 bridgehead atoms. The van der Waals surface area contributed by atoms with Gasteiger partial charge < -0.3 is 5.73 Å². The lowest BCUT2D eigenvalue weighted by atomic mass is 9.97. The van der Waals surface area contributed by atoms with Gasteiger partial charge in [-0.15, -0.1) is 0 Å². The molecular formula is C13H16BrFN2O. The van der Waals surface area contributed by atoms with Crippen molar-refractivity contribution in [3.8, 4) is 0 Å². The van der Waals surface area contributed by atoms with E-state index in [2.05, 4.69) is 20.8 Å². The van der Waals surface area contributed by atoms with Crippen molar-refractivity contribution < 1.29 is 9.18 Å². The summed E-state index contributed by atoms with van der Waals surface area (Å²) in [5, 5.41) is 0. The average Bonchev–Trinajstić information content (AvgIpc) is 2.35. The Morgan fingerprint density at radius 1 is 1.56 bits per heavy atom. The van der Waals surface area contributed by atoms with Gasteiger partial charge in [0.2, 0.25) is 5.91 Å². The zero-order chi connectivity index (χ0) is 13.1. The first kappa shape index (κ1) is 13.5. The number of rotatable bonds is 3. The van der Waals surface area contributed by atoms with Crippen LogP contribution in [0.5, 0.6) is 0 Å². The number of likely N-dealkylation sites (tertiary alicyclic amines) is 1. The van der Waals surface area contributed by atoms with Crippen molar-refractivity contribution in [2.24, 2.45) is 11.7 Å². The summed E-state index contributed by atoms with van der Waals surface area (Å²) in [5.41, 5.74) is 6.24. The highest BCUT2D eigenvalue weighted by atomic mass is 79.9. The Hall–Kier alpha value is -0.940. The van der Waals surface area contributed by atoms with Crippen LogP contribution in [0.25, 0.3) is 0 Å². The molecule has 1 aliphatic heterocycles. The molecule has 1 fully saturated rings. The number of halogens is 2. The minimum atomic E-state index is -0.254. The van der Waals surface area contributed by atoms with E-state index in [1.165, 1.54) is 6.07 Å². The Labute approximate surface area is 114 Å². The Bertz CT molecular complexity index is 453. The van der Waals surface area contributed by atoms with Crippen LogP contribution in [0.4, 0.5) is 4.39 Å². The molecule has 1 amide bonds. The fraction of sp³-hybridized carbons (Fsp3) is 0.462. The number of amides is 1. The normalized spacial score (nSPS) is 20.9. The number of primary amides is 1. The highest BCUT2D eigenvalue weighted by Gasteiger charge is 2.24. The number of nitrogens with two attached hydrogens (primary N) is 1. The van der Waals surface area contributed by atoms with Gasteiger partial charge in [0, 0.05) is 13.1 Å². The average molecular weight is 315 g/mol. The lowest BCUT2D eigenvalue weighted by Crippen LogP contribution is -2.40. The first-order valence-electron chi connectivity index (χ1n) is 6.02. The maximum Gasteiger partial charge on any atom is 0.221 e. The predicted octanol–water partition coefficient (Wildman–Crippen LogP) is 2.29. The smallest absolute Gasteiger partial charge is 0.221 e. The molecule has 0 aromatic heterocycles. The first-order chi connectivity index (χ1) is 8.58. The van der Waals surface area contributed by atoms with E-state index in [-0.39, 0.29) is 17.6 Å². The molecule has 18 heavy (non-hydrogen) atoms. The number of hydrogen-bond acceptors (Lipinski definition) is 2. The minimum Gasteiger partial charge on any atom is -0.369 e. The maximum atomic E-state index is 13.4. The fourth-order valence-corrected chi connectivity index (χ4v) is 2.73. The van der Waals surface area contributed by atoms with Gasteiger partial charge in [-0.25, -0.2) is 4.39 Å². The van der Waals surface area contributed by atoms with Crippen LogP contribution in [0.1, 0.15) is 18.4 Å². The standard InChI is InChI=1S/C13H16BrFN2O/c14-12-9(3-1-5-11(12)15)7-17-6-2-4-10(8-17)13(16)18/h1,3,5,10H,2,4,6-8H2,(H2,16,18). The summed E-state index contributed by atoms with van der Waals surface area (Å²) in [6.45, 7) is 2.23. The van der Waals surface area contributed by atoms with Gasteiger partial charge >= 0.3 is 0 Å². The van der Waals surface area contributed by atoms with Crippen LogP contribution in [0, 0.1) is 11.7 Å². The van der Waals surface area contributed by atoms with Gasteiger partial charge in [0.05, 0.1) is 10.4 Å². The van der Waals surface area contributed by atoms with E-state index in [1.807, 2.05) is 6.07 Å². The summed E-state index contributed by atoms with van der Waals surface area (Å²) < 4.78 is 13.9. The van der Waals surface area contributed by atoms with Crippen molar-refractivity contribution in [3.63, 3.8) is 0 Å². The molecule has 3 nitrogen and oxygen atoms in total. The molecule has 1 unspecified atom stereocenters. The number of carbonyl (C=O) groups excluding carboxylic acids is 1. The third kappa shape index (κ3) is 3.09. The summed E-state index contributed by atoms with van der Waals surface area (Å²) in [6, 6.07) is 5.02. The van der Waals surface area contributed by atoms with E-state index in [4.69, 9.17) is 5.73 Å². The molecule has 5 heteroatoms. The SMILES string of the molecule is NC(=O)C1CCCN(Cc2cccc(F)c2Br)C1. The van der Waals surface area contributed by atoms with Crippen LogP contribution in [0.15, 0.2) is 22.7 Å². The quantitative estimate of drug-likeness (QED) is 0.930. The molecule has 0 saturated carbocycles. The first-order valence-corrected chi connectivity index (χ1v) is 6.82. The van der Waals surface area contributed by atoms with E-state index in [9.17, 15) is 9.18 Å². The second-order valence-electron chi connectivity index (χ2n) is 4.69. The van der Waals surface area contributed by atoms with Crippen molar-refractivity contribution in [3.05, 3.63) is 34.1 Å². The van der Waals surface area contributed by atoms with E-state index >= 15 is 0 Å². The summed E-state index contributed by atoms with van der Waals surface area (Å²) in [5.74, 6) is -0.569. The molecule has 2 N–H and O–H groups in total. The molecule has 1 atom stereocenters. The van der Waals surface area contributed by atoms with Gasteiger partial charge in [-0.2, -0.15) is 0 Å². The van der Waals surface area contributed by atoms with Crippen LogP contribution in [-0.2, 0) is 11.3 Å². The topological polar surface area (TPSA) is 46.3 Å². The Morgan fingerprint density at radius 3 is 3.06 bits per heavy atom. The van der Waals surface area contributed by atoms with Gasteiger partial charge in [0.15, 0.2) is 0 Å². The molecule has 1 aromatic carbocycles. The maximum absolute atomic E-state index is 13.4. The number of piperidine rings is 1. The van der Waals surface area contributed by atoms with Crippen molar-refractivity contribution in [2.45, 2.75) is 19.4 Å². The van der Waals surface area contributed by atoms with Gasteiger partial charge in [-0.1, -0.05) is 12.1 Å². The molecule has 0 aliphatic carbocycles.